The van der Waals surface area contributed by atoms with Crippen molar-refractivity contribution in [2.45, 2.75) is 26.3 Å². The second-order valence-corrected chi connectivity index (χ2v) is 4.21. The van der Waals surface area contributed by atoms with E-state index in [1.807, 2.05) is 26.0 Å². The average molecular weight is 287 g/mol. The zero-order valence-electron chi connectivity index (χ0n) is 9.58. The normalized spacial score (nSPS) is 12.0. The Kier molecular flexibility index (Phi) is 4.73. The summed E-state index contributed by atoms with van der Waals surface area (Å²) in [4.78, 5) is 15.7. The number of esters is 1. The summed E-state index contributed by atoms with van der Waals surface area (Å²) in [5, 5.41) is 3.12. The highest BCUT2D eigenvalue weighted by atomic mass is 79.9. The Morgan fingerprint density at radius 2 is 2.31 bits per heavy atom. The van der Waals surface area contributed by atoms with E-state index in [1.165, 1.54) is 7.11 Å². The quantitative estimate of drug-likeness (QED) is 0.683. The van der Waals surface area contributed by atoms with Gasteiger partial charge in [-0.15, -0.1) is 0 Å². The van der Waals surface area contributed by atoms with E-state index in [-0.39, 0.29) is 12.0 Å². The number of nitrogens with one attached hydrogen (secondary N) is 1. The van der Waals surface area contributed by atoms with Crippen LogP contribution in [0.15, 0.2) is 16.7 Å². The molecule has 0 aliphatic carbocycles. The van der Waals surface area contributed by atoms with Crippen molar-refractivity contribution in [3.05, 3.63) is 22.4 Å². The van der Waals surface area contributed by atoms with Crippen molar-refractivity contribution in [1.82, 2.24) is 4.98 Å². The van der Waals surface area contributed by atoms with Crippen LogP contribution in [0.3, 0.4) is 0 Å². The molecule has 1 N–H and O–H groups in total. The molecule has 0 saturated heterocycles. The fourth-order valence-corrected chi connectivity index (χ4v) is 1.74. The Labute approximate surface area is 104 Å². The molecule has 0 aromatic carbocycles. The van der Waals surface area contributed by atoms with Crippen LogP contribution in [0.2, 0.25) is 0 Å². The predicted octanol–water partition coefficient (Wildman–Crippen LogP) is 2.52. The maximum absolute atomic E-state index is 11.4. The second kappa shape index (κ2) is 5.84. The fraction of sp³-hybridized carbons (Fsp3) is 0.455. The lowest BCUT2D eigenvalue weighted by Crippen LogP contribution is -2.30. The standard InChI is InChI=1S/C11H15BrN2O2/c1-4-8(11(15)16-3)14-9-5-6-10(12)13-7(9)2/h5-6,8,14H,4H2,1-3H3. The molecule has 1 heterocycles. The summed E-state index contributed by atoms with van der Waals surface area (Å²) in [6.07, 6.45) is 0.669. The van der Waals surface area contributed by atoms with Crippen LogP contribution in [0.25, 0.3) is 0 Å². The van der Waals surface area contributed by atoms with E-state index in [9.17, 15) is 4.79 Å². The van der Waals surface area contributed by atoms with Gasteiger partial charge >= 0.3 is 5.97 Å². The van der Waals surface area contributed by atoms with Crippen molar-refractivity contribution in [1.29, 1.82) is 0 Å². The number of carbonyl (C=O) groups excluding carboxylic acids is 1. The van der Waals surface area contributed by atoms with Crippen molar-refractivity contribution in [2.24, 2.45) is 0 Å². The number of hydrogen-bond acceptors (Lipinski definition) is 4. The Morgan fingerprint density at radius 3 is 2.81 bits per heavy atom. The molecule has 5 heteroatoms. The number of nitrogens with zero attached hydrogens (tertiary/aromatic N) is 1. The van der Waals surface area contributed by atoms with E-state index in [0.29, 0.717) is 6.42 Å². The summed E-state index contributed by atoms with van der Waals surface area (Å²) in [6.45, 7) is 3.81. The van der Waals surface area contributed by atoms with Crippen molar-refractivity contribution < 1.29 is 9.53 Å². The summed E-state index contributed by atoms with van der Waals surface area (Å²) >= 11 is 3.29. The van der Waals surface area contributed by atoms with E-state index >= 15 is 0 Å². The lowest BCUT2D eigenvalue weighted by atomic mass is 10.2. The second-order valence-electron chi connectivity index (χ2n) is 3.40. The number of methoxy groups -OCH3 is 1. The highest BCUT2D eigenvalue weighted by Gasteiger charge is 2.17. The molecule has 4 nitrogen and oxygen atoms in total. The van der Waals surface area contributed by atoms with Gasteiger partial charge in [-0.05, 0) is 41.4 Å². The number of pyridine rings is 1. The van der Waals surface area contributed by atoms with E-state index < -0.39 is 0 Å². The lowest BCUT2D eigenvalue weighted by molar-refractivity contribution is -0.141. The Balaban J connectivity index is 2.82. The van der Waals surface area contributed by atoms with Gasteiger partial charge in [-0.1, -0.05) is 6.92 Å². The number of carbonyl (C=O) groups is 1. The maximum atomic E-state index is 11.4. The Bertz CT molecular complexity index is 382. The molecule has 1 aromatic rings. The molecule has 0 aliphatic rings. The Morgan fingerprint density at radius 1 is 1.62 bits per heavy atom. The lowest BCUT2D eigenvalue weighted by Gasteiger charge is -2.16. The van der Waals surface area contributed by atoms with Gasteiger partial charge in [0.05, 0.1) is 18.5 Å². The minimum Gasteiger partial charge on any atom is -0.467 e. The van der Waals surface area contributed by atoms with Crippen LogP contribution in [0.4, 0.5) is 5.69 Å². The van der Waals surface area contributed by atoms with E-state index in [4.69, 9.17) is 4.74 Å². The highest BCUT2D eigenvalue weighted by molar-refractivity contribution is 9.10. The van der Waals surface area contributed by atoms with Crippen LogP contribution in [-0.4, -0.2) is 24.1 Å². The maximum Gasteiger partial charge on any atom is 0.328 e. The van der Waals surface area contributed by atoms with Gasteiger partial charge < -0.3 is 10.1 Å². The first-order valence-electron chi connectivity index (χ1n) is 5.06. The molecule has 88 valence electrons. The van der Waals surface area contributed by atoms with E-state index in [2.05, 4.69) is 26.2 Å². The SMILES string of the molecule is CCC(Nc1ccc(Br)nc1C)C(=O)OC. The van der Waals surface area contributed by atoms with Gasteiger partial charge in [0.25, 0.3) is 0 Å². The molecule has 0 saturated carbocycles. The third-order valence-electron chi connectivity index (χ3n) is 2.28. The highest BCUT2D eigenvalue weighted by Crippen LogP contribution is 2.17. The number of hydrogen-bond donors (Lipinski definition) is 1. The van der Waals surface area contributed by atoms with Gasteiger partial charge in [-0.25, -0.2) is 9.78 Å². The van der Waals surface area contributed by atoms with E-state index in [1.54, 1.807) is 0 Å². The molecule has 16 heavy (non-hydrogen) atoms. The van der Waals surface area contributed by atoms with Gasteiger partial charge in [0.15, 0.2) is 0 Å². The molecule has 1 rings (SSSR count). The van der Waals surface area contributed by atoms with Gasteiger partial charge in [0.2, 0.25) is 0 Å². The zero-order chi connectivity index (χ0) is 12.1. The first-order valence-corrected chi connectivity index (χ1v) is 5.85. The predicted molar refractivity (Wildman–Crippen MR) is 66.4 cm³/mol. The van der Waals surface area contributed by atoms with Gasteiger partial charge in [0, 0.05) is 0 Å². The van der Waals surface area contributed by atoms with Crippen LogP contribution in [0.1, 0.15) is 19.0 Å². The molecule has 0 radical (unpaired) electrons. The molecular formula is C11H15BrN2O2. The average Bonchev–Trinajstić information content (AvgIpc) is 2.27. The number of aryl methyl sites for hydroxylation is 1. The first-order chi connectivity index (χ1) is 7.58. The van der Waals surface area contributed by atoms with Crippen LogP contribution < -0.4 is 5.32 Å². The zero-order valence-corrected chi connectivity index (χ0v) is 11.2. The summed E-state index contributed by atoms with van der Waals surface area (Å²) < 4.78 is 5.49. The summed E-state index contributed by atoms with van der Waals surface area (Å²) in [5.74, 6) is -0.259. The molecule has 1 aromatic heterocycles. The minimum atomic E-state index is -0.327. The summed E-state index contributed by atoms with van der Waals surface area (Å²) in [6, 6.07) is 3.39. The van der Waals surface area contributed by atoms with Gasteiger partial charge in [-0.3, -0.25) is 0 Å². The Hall–Kier alpha value is -1.10. The van der Waals surface area contributed by atoms with Gasteiger partial charge in [0.1, 0.15) is 10.6 Å². The topological polar surface area (TPSA) is 51.2 Å². The van der Waals surface area contributed by atoms with Gasteiger partial charge in [-0.2, -0.15) is 0 Å². The molecule has 0 spiro atoms. The van der Waals surface area contributed by atoms with Crippen molar-refractivity contribution in [3.8, 4) is 0 Å². The minimum absolute atomic E-state index is 0.259. The van der Waals surface area contributed by atoms with E-state index in [0.717, 1.165) is 16.0 Å². The van der Waals surface area contributed by atoms with Crippen LogP contribution in [0.5, 0.6) is 0 Å². The van der Waals surface area contributed by atoms with Crippen molar-refractivity contribution >= 4 is 27.6 Å². The number of rotatable bonds is 4. The number of ether oxygens (including phenoxy) is 1. The summed E-state index contributed by atoms with van der Waals surface area (Å²) in [5.41, 5.74) is 1.69. The van der Waals surface area contributed by atoms with Crippen LogP contribution in [0, 0.1) is 6.92 Å². The third kappa shape index (κ3) is 3.20. The number of aromatic nitrogens is 1. The molecule has 0 fully saturated rings. The fourth-order valence-electron chi connectivity index (χ4n) is 1.34. The molecular weight excluding hydrogens is 272 g/mol. The molecule has 0 aliphatic heterocycles. The smallest absolute Gasteiger partial charge is 0.328 e. The van der Waals surface area contributed by atoms with Crippen molar-refractivity contribution in [3.63, 3.8) is 0 Å². The van der Waals surface area contributed by atoms with Crippen molar-refractivity contribution in [2.75, 3.05) is 12.4 Å². The molecule has 0 bridgehead atoms. The summed E-state index contributed by atoms with van der Waals surface area (Å²) in [7, 11) is 1.39. The first kappa shape index (κ1) is 13.0. The number of halogens is 1. The third-order valence-corrected chi connectivity index (χ3v) is 2.72. The number of anilines is 1. The molecule has 1 unspecified atom stereocenters. The molecule has 0 amide bonds. The molecule has 1 atom stereocenters. The van der Waals surface area contributed by atoms with Crippen LogP contribution in [-0.2, 0) is 9.53 Å². The van der Waals surface area contributed by atoms with Crippen LogP contribution >= 0.6 is 15.9 Å². The largest absolute Gasteiger partial charge is 0.467 e. The monoisotopic (exact) mass is 286 g/mol.